The van der Waals surface area contributed by atoms with E-state index in [4.69, 9.17) is 0 Å². The zero-order valence-electron chi connectivity index (χ0n) is 7.33. The fourth-order valence-electron chi connectivity index (χ4n) is 0.981. The van der Waals surface area contributed by atoms with E-state index in [0.717, 1.165) is 13.0 Å². The van der Waals surface area contributed by atoms with E-state index in [9.17, 15) is 0 Å². The number of nitrogens with one attached hydrogen (secondary N) is 1. The Morgan fingerprint density at radius 2 is 2.00 bits per heavy atom. The molecule has 1 aromatic carbocycles. The van der Waals surface area contributed by atoms with E-state index >= 15 is 0 Å². The first-order valence-electron chi connectivity index (χ1n) is 4.26. The Hall–Kier alpha value is -0.630. The highest BCUT2D eigenvalue weighted by molar-refractivity contribution is 7.80. The molecule has 1 unspecified atom stereocenters. The van der Waals surface area contributed by atoms with Crippen molar-refractivity contribution in [3.05, 3.63) is 30.3 Å². The summed E-state index contributed by atoms with van der Waals surface area (Å²) >= 11 is 4.30. The zero-order valence-corrected chi connectivity index (χ0v) is 8.22. The van der Waals surface area contributed by atoms with Crippen LogP contribution in [0.2, 0.25) is 0 Å². The van der Waals surface area contributed by atoms with Gasteiger partial charge in [0.15, 0.2) is 0 Å². The number of thiol groups is 1. The Labute approximate surface area is 79.6 Å². The lowest BCUT2D eigenvalue weighted by atomic mass is 10.3. The predicted molar refractivity (Wildman–Crippen MR) is 58.0 cm³/mol. The highest BCUT2D eigenvalue weighted by Crippen LogP contribution is 2.06. The lowest BCUT2D eigenvalue weighted by Gasteiger charge is -2.06. The molecule has 1 nitrogen and oxygen atoms in total. The number of para-hydroxylation sites is 1. The van der Waals surface area contributed by atoms with Crippen molar-refractivity contribution in [1.82, 2.24) is 0 Å². The summed E-state index contributed by atoms with van der Waals surface area (Å²) in [7, 11) is 0. The SMILES string of the molecule is CC(S)CCNc1ccccc1. The van der Waals surface area contributed by atoms with Crippen LogP contribution >= 0.6 is 12.6 Å². The number of anilines is 1. The van der Waals surface area contributed by atoms with Crippen LogP contribution in [0.15, 0.2) is 30.3 Å². The third-order valence-corrected chi connectivity index (χ3v) is 1.92. The van der Waals surface area contributed by atoms with Gasteiger partial charge < -0.3 is 5.32 Å². The van der Waals surface area contributed by atoms with E-state index in [2.05, 4.69) is 37.0 Å². The van der Waals surface area contributed by atoms with Crippen molar-refractivity contribution >= 4 is 18.3 Å². The molecule has 0 heterocycles. The Kier molecular flexibility index (Phi) is 4.01. The molecule has 0 radical (unpaired) electrons. The summed E-state index contributed by atoms with van der Waals surface area (Å²) in [6.07, 6.45) is 1.10. The summed E-state index contributed by atoms with van der Waals surface area (Å²) in [5, 5.41) is 3.80. The molecule has 0 saturated carbocycles. The van der Waals surface area contributed by atoms with Gasteiger partial charge in [0.2, 0.25) is 0 Å². The highest BCUT2D eigenvalue weighted by atomic mass is 32.1. The first kappa shape index (κ1) is 9.46. The fraction of sp³-hybridized carbons (Fsp3) is 0.400. The van der Waals surface area contributed by atoms with E-state index in [1.807, 2.05) is 18.2 Å². The minimum atomic E-state index is 0.473. The molecule has 1 aromatic rings. The van der Waals surface area contributed by atoms with Gasteiger partial charge >= 0.3 is 0 Å². The molecule has 0 spiro atoms. The summed E-state index contributed by atoms with van der Waals surface area (Å²) in [6, 6.07) is 10.2. The van der Waals surface area contributed by atoms with Crippen molar-refractivity contribution in [2.75, 3.05) is 11.9 Å². The molecular weight excluding hydrogens is 166 g/mol. The summed E-state index contributed by atoms with van der Waals surface area (Å²) in [5.41, 5.74) is 1.19. The summed E-state index contributed by atoms with van der Waals surface area (Å²) in [6.45, 7) is 3.10. The molecule has 0 bridgehead atoms. The van der Waals surface area contributed by atoms with Crippen LogP contribution in [-0.2, 0) is 0 Å². The molecule has 0 aliphatic heterocycles. The third kappa shape index (κ3) is 3.67. The van der Waals surface area contributed by atoms with E-state index in [0.29, 0.717) is 5.25 Å². The van der Waals surface area contributed by atoms with Gasteiger partial charge in [-0.05, 0) is 18.6 Å². The normalized spacial score (nSPS) is 12.5. The molecule has 2 heteroatoms. The van der Waals surface area contributed by atoms with Gasteiger partial charge in [-0.25, -0.2) is 0 Å². The number of benzene rings is 1. The third-order valence-electron chi connectivity index (χ3n) is 1.67. The van der Waals surface area contributed by atoms with Crippen LogP contribution in [0.3, 0.4) is 0 Å². The Morgan fingerprint density at radius 3 is 2.58 bits per heavy atom. The quantitative estimate of drug-likeness (QED) is 0.681. The highest BCUT2D eigenvalue weighted by Gasteiger charge is 1.93. The second-order valence-corrected chi connectivity index (χ2v) is 3.81. The van der Waals surface area contributed by atoms with Gasteiger partial charge in [-0.15, -0.1) is 0 Å². The Morgan fingerprint density at radius 1 is 1.33 bits per heavy atom. The first-order chi connectivity index (χ1) is 5.79. The minimum Gasteiger partial charge on any atom is -0.385 e. The predicted octanol–water partition coefficient (Wildman–Crippen LogP) is 2.81. The average molecular weight is 181 g/mol. The summed E-state index contributed by atoms with van der Waals surface area (Å²) < 4.78 is 0. The van der Waals surface area contributed by atoms with Gasteiger partial charge in [-0.3, -0.25) is 0 Å². The molecular formula is C10H15NS. The van der Waals surface area contributed by atoms with Crippen LogP contribution in [0.5, 0.6) is 0 Å². The van der Waals surface area contributed by atoms with Crippen LogP contribution in [0, 0.1) is 0 Å². The number of hydrogen-bond acceptors (Lipinski definition) is 2. The standard InChI is InChI=1S/C10H15NS/c1-9(12)7-8-11-10-5-3-2-4-6-10/h2-6,9,11-12H,7-8H2,1H3. The van der Waals surface area contributed by atoms with E-state index in [1.165, 1.54) is 5.69 Å². The molecule has 0 aromatic heterocycles. The maximum Gasteiger partial charge on any atom is 0.0340 e. The second-order valence-electron chi connectivity index (χ2n) is 2.93. The second kappa shape index (κ2) is 5.09. The number of hydrogen-bond donors (Lipinski definition) is 2. The molecule has 1 atom stereocenters. The fourth-order valence-corrected chi connectivity index (χ4v) is 1.11. The molecule has 66 valence electrons. The van der Waals surface area contributed by atoms with Crippen molar-refractivity contribution in [1.29, 1.82) is 0 Å². The first-order valence-corrected chi connectivity index (χ1v) is 4.77. The topological polar surface area (TPSA) is 12.0 Å². The molecule has 0 saturated heterocycles. The van der Waals surface area contributed by atoms with Crippen LogP contribution in [0.4, 0.5) is 5.69 Å². The lowest BCUT2D eigenvalue weighted by molar-refractivity contribution is 0.857. The van der Waals surface area contributed by atoms with Gasteiger partial charge in [0.25, 0.3) is 0 Å². The van der Waals surface area contributed by atoms with Crippen molar-refractivity contribution in [2.45, 2.75) is 18.6 Å². The van der Waals surface area contributed by atoms with Crippen LogP contribution in [0.25, 0.3) is 0 Å². The monoisotopic (exact) mass is 181 g/mol. The maximum absolute atomic E-state index is 4.30. The van der Waals surface area contributed by atoms with Crippen molar-refractivity contribution < 1.29 is 0 Å². The molecule has 0 aliphatic carbocycles. The van der Waals surface area contributed by atoms with Crippen molar-refractivity contribution in [3.8, 4) is 0 Å². The van der Waals surface area contributed by atoms with Crippen LogP contribution in [0.1, 0.15) is 13.3 Å². The smallest absolute Gasteiger partial charge is 0.0340 e. The van der Waals surface area contributed by atoms with Crippen LogP contribution in [-0.4, -0.2) is 11.8 Å². The largest absolute Gasteiger partial charge is 0.385 e. The average Bonchev–Trinajstić information content (AvgIpc) is 2.05. The molecule has 0 aliphatic rings. The van der Waals surface area contributed by atoms with Gasteiger partial charge in [-0.1, -0.05) is 25.1 Å². The van der Waals surface area contributed by atoms with E-state index in [1.54, 1.807) is 0 Å². The maximum atomic E-state index is 4.30. The Bertz CT molecular complexity index is 208. The molecule has 1 N–H and O–H groups in total. The van der Waals surface area contributed by atoms with Crippen molar-refractivity contribution in [2.24, 2.45) is 0 Å². The molecule has 0 amide bonds. The lowest BCUT2D eigenvalue weighted by Crippen LogP contribution is -2.05. The van der Waals surface area contributed by atoms with Crippen LogP contribution < -0.4 is 5.32 Å². The van der Waals surface area contributed by atoms with Gasteiger partial charge in [0, 0.05) is 17.5 Å². The summed E-state index contributed by atoms with van der Waals surface area (Å²) in [4.78, 5) is 0. The Balaban J connectivity index is 2.25. The molecule has 12 heavy (non-hydrogen) atoms. The molecule has 1 rings (SSSR count). The van der Waals surface area contributed by atoms with E-state index < -0.39 is 0 Å². The summed E-state index contributed by atoms with van der Waals surface area (Å²) in [5.74, 6) is 0. The minimum absolute atomic E-state index is 0.473. The van der Waals surface area contributed by atoms with Gasteiger partial charge in [0.05, 0.1) is 0 Å². The van der Waals surface area contributed by atoms with Gasteiger partial charge in [0.1, 0.15) is 0 Å². The molecule has 0 fully saturated rings. The zero-order chi connectivity index (χ0) is 8.81. The van der Waals surface area contributed by atoms with E-state index in [-0.39, 0.29) is 0 Å². The van der Waals surface area contributed by atoms with Gasteiger partial charge in [-0.2, -0.15) is 12.6 Å². The number of rotatable bonds is 4. The van der Waals surface area contributed by atoms with Crippen molar-refractivity contribution in [3.63, 3.8) is 0 Å².